The van der Waals surface area contributed by atoms with Crippen LogP contribution >= 0.6 is 0 Å². The summed E-state index contributed by atoms with van der Waals surface area (Å²) in [5, 5.41) is 31.9. The lowest BCUT2D eigenvalue weighted by atomic mass is 9.79. The summed E-state index contributed by atoms with van der Waals surface area (Å²) in [4.78, 5) is 22.9. The zero-order chi connectivity index (χ0) is 19.4. The van der Waals surface area contributed by atoms with Crippen molar-refractivity contribution in [2.24, 2.45) is 10.8 Å². The molecule has 6 heteroatoms. The molecule has 0 heterocycles. The minimum atomic E-state index is -0.991. The van der Waals surface area contributed by atoms with E-state index in [-0.39, 0.29) is 12.8 Å². The lowest BCUT2D eigenvalue weighted by Crippen LogP contribution is -2.29. The molecule has 0 saturated heterocycles. The van der Waals surface area contributed by atoms with E-state index in [1.165, 1.54) is 0 Å². The summed E-state index contributed by atoms with van der Waals surface area (Å²) in [6, 6.07) is 5.36. The van der Waals surface area contributed by atoms with E-state index in [4.69, 9.17) is 0 Å². The predicted molar refractivity (Wildman–Crippen MR) is 95.6 cm³/mol. The molecule has 0 aliphatic rings. The minimum Gasteiger partial charge on any atom is -0.481 e. The first-order chi connectivity index (χ1) is 11.4. The fourth-order valence-corrected chi connectivity index (χ4v) is 2.60. The molecule has 0 radical (unpaired) electrons. The van der Waals surface area contributed by atoms with Gasteiger partial charge >= 0.3 is 11.9 Å². The van der Waals surface area contributed by atoms with Gasteiger partial charge in [0.25, 0.3) is 0 Å². The van der Waals surface area contributed by atoms with Crippen molar-refractivity contribution in [3.05, 3.63) is 34.9 Å². The first-order valence-corrected chi connectivity index (χ1v) is 8.32. The van der Waals surface area contributed by atoms with E-state index in [1.54, 1.807) is 52.9 Å². The van der Waals surface area contributed by atoms with Crippen LogP contribution in [0.15, 0.2) is 18.2 Å². The molecule has 0 unspecified atom stereocenters. The molecule has 6 nitrogen and oxygen atoms in total. The van der Waals surface area contributed by atoms with Crippen molar-refractivity contribution in [3.8, 4) is 0 Å². The first kappa shape index (κ1) is 21.1. The fourth-order valence-electron chi connectivity index (χ4n) is 2.60. The molecule has 0 amide bonds. The van der Waals surface area contributed by atoms with Gasteiger partial charge < -0.3 is 20.6 Å². The molecule has 1 aromatic carbocycles. The normalized spacial score (nSPS) is 13.5. The Morgan fingerprint density at radius 3 is 1.92 bits per heavy atom. The second-order valence-electron chi connectivity index (χ2n) is 7.83. The van der Waals surface area contributed by atoms with E-state index in [0.29, 0.717) is 12.1 Å². The van der Waals surface area contributed by atoms with Crippen molar-refractivity contribution in [2.45, 2.75) is 46.6 Å². The van der Waals surface area contributed by atoms with E-state index in [9.17, 15) is 24.9 Å². The highest BCUT2D eigenvalue weighted by Crippen LogP contribution is 2.31. The van der Waals surface area contributed by atoms with Crippen LogP contribution in [0.4, 0.5) is 0 Å². The Hall–Kier alpha value is -1.92. The van der Waals surface area contributed by atoms with Crippen LogP contribution in [-0.2, 0) is 22.4 Å². The van der Waals surface area contributed by atoms with Gasteiger partial charge in [0.05, 0.1) is 16.9 Å². The third kappa shape index (κ3) is 5.54. The van der Waals surface area contributed by atoms with Gasteiger partial charge in [-0.15, -0.1) is 0 Å². The number of hydrogen-bond acceptors (Lipinski definition) is 4. The summed E-state index contributed by atoms with van der Waals surface area (Å²) in [5.74, 6) is -1.83. The minimum absolute atomic E-state index is 0.257. The zero-order valence-electron chi connectivity index (χ0n) is 15.6. The second-order valence-corrected chi connectivity index (χ2v) is 7.83. The highest BCUT2D eigenvalue weighted by molar-refractivity contribution is 5.75. The number of carboxylic acids is 2. The van der Waals surface area contributed by atoms with E-state index < -0.39 is 28.9 Å². The number of likely N-dealkylation sites (N-methyl/N-ethyl adjacent to an activating group) is 1. The molecule has 0 aliphatic carbocycles. The first-order valence-electron chi connectivity index (χ1n) is 8.32. The van der Waals surface area contributed by atoms with E-state index in [1.807, 2.05) is 0 Å². The van der Waals surface area contributed by atoms with Crippen molar-refractivity contribution in [1.82, 2.24) is 5.32 Å². The predicted octanol–water partition coefficient (Wildman–Crippen LogP) is 2.25. The molecule has 1 aromatic rings. The van der Waals surface area contributed by atoms with Crippen molar-refractivity contribution in [1.29, 1.82) is 0 Å². The number of hydrogen-bond donors (Lipinski definition) is 4. The molecule has 0 saturated carbocycles. The molecule has 1 rings (SSSR count). The maximum Gasteiger partial charge on any atom is 0.309 e. The number of carboxylic acid groups (broad SMARTS) is 2. The van der Waals surface area contributed by atoms with Crippen LogP contribution in [0.1, 0.15) is 50.5 Å². The van der Waals surface area contributed by atoms with Crippen LogP contribution in [0.3, 0.4) is 0 Å². The summed E-state index contributed by atoms with van der Waals surface area (Å²) in [5.41, 5.74) is 0.279. The Morgan fingerprint density at radius 1 is 1.00 bits per heavy atom. The standard InChI is InChI=1S/C19H29NO5/c1-18(2,16(22)23)9-13-7-6-12(15(21)11-20-5)8-14(13)10-19(3,4)17(24)25/h6-8,15,20-21H,9-11H2,1-5H3,(H,22,23)(H,24,25)/t15-/m0/s1. The lowest BCUT2D eigenvalue weighted by Gasteiger charge is -2.25. The third-order valence-electron chi connectivity index (χ3n) is 4.44. The van der Waals surface area contributed by atoms with Gasteiger partial charge in [-0.25, -0.2) is 0 Å². The highest BCUT2D eigenvalue weighted by Gasteiger charge is 2.32. The molecule has 4 N–H and O–H groups in total. The number of rotatable bonds is 9. The topological polar surface area (TPSA) is 107 Å². The Kier molecular flexibility index (Phi) is 6.74. The summed E-state index contributed by atoms with van der Waals surface area (Å²) in [6.45, 7) is 6.94. The number of carbonyl (C=O) groups is 2. The smallest absolute Gasteiger partial charge is 0.309 e. The summed E-state index contributed by atoms with van der Waals surface area (Å²) >= 11 is 0. The molecule has 0 aliphatic heterocycles. The third-order valence-corrected chi connectivity index (χ3v) is 4.44. The van der Waals surface area contributed by atoms with Crippen molar-refractivity contribution in [3.63, 3.8) is 0 Å². The average Bonchev–Trinajstić information content (AvgIpc) is 2.48. The van der Waals surface area contributed by atoms with Gasteiger partial charge in [-0.2, -0.15) is 0 Å². The second kappa shape index (κ2) is 7.97. The van der Waals surface area contributed by atoms with Gasteiger partial charge in [-0.1, -0.05) is 18.2 Å². The molecular formula is C19H29NO5. The summed E-state index contributed by atoms with van der Waals surface area (Å²) < 4.78 is 0. The van der Waals surface area contributed by atoms with Crippen molar-refractivity contribution >= 4 is 11.9 Å². The van der Waals surface area contributed by atoms with Crippen LogP contribution in [0.5, 0.6) is 0 Å². The number of nitrogens with one attached hydrogen (secondary N) is 1. The quantitative estimate of drug-likeness (QED) is 0.544. The van der Waals surface area contributed by atoms with Gasteiger partial charge in [0.15, 0.2) is 0 Å². The molecule has 140 valence electrons. The maximum absolute atomic E-state index is 11.5. The average molecular weight is 351 g/mol. The van der Waals surface area contributed by atoms with Gasteiger partial charge in [0, 0.05) is 6.54 Å². The van der Waals surface area contributed by atoms with Crippen LogP contribution in [0, 0.1) is 10.8 Å². The Labute approximate surface area is 148 Å². The molecule has 0 bridgehead atoms. The largest absolute Gasteiger partial charge is 0.481 e. The van der Waals surface area contributed by atoms with Gasteiger partial charge in [-0.05, 0) is 64.3 Å². The number of benzene rings is 1. The van der Waals surface area contributed by atoms with Crippen LogP contribution in [0.25, 0.3) is 0 Å². The maximum atomic E-state index is 11.5. The number of aliphatic hydroxyl groups is 1. The Bertz CT molecular complexity index is 637. The van der Waals surface area contributed by atoms with Gasteiger partial charge in [0.1, 0.15) is 0 Å². The zero-order valence-corrected chi connectivity index (χ0v) is 15.6. The molecule has 0 aromatic heterocycles. The highest BCUT2D eigenvalue weighted by atomic mass is 16.4. The molecular weight excluding hydrogens is 322 g/mol. The number of aliphatic carboxylic acids is 2. The van der Waals surface area contributed by atoms with E-state index in [0.717, 1.165) is 11.1 Å². The van der Waals surface area contributed by atoms with Gasteiger partial charge in [-0.3, -0.25) is 9.59 Å². The van der Waals surface area contributed by atoms with Crippen molar-refractivity contribution < 1.29 is 24.9 Å². The number of aliphatic hydroxyl groups excluding tert-OH is 1. The van der Waals surface area contributed by atoms with Crippen LogP contribution < -0.4 is 5.32 Å². The van der Waals surface area contributed by atoms with Crippen LogP contribution in [0.2, 0.25) is 0 Å². The molecule has 0 spiro atoms. The molecule has 25 heavy (non-hydrogen) atoms. The fraction of sp³-hybridized carbons (Fsp3) is 0.579. The Balaban J connectivity index is 3.31. The van der Waals surface area contributed by atoms with Crippen LogP contribution in [-0.4, -0.2) is 40.9 Å². The van der Waals surface area contributed by atoms with Gasteiger partial charge in [0.2, 0.25) is 0 Å². The molecule has 1 atom stereocenters. The SMILES string of the molecule is CNC[C@H](O)c1ccc(CC(C)(C)C(=O)O)c(CC(C)(C)C(=O)O)c1. The van der Waals surface area contributed by atoms with E-state index in [2.05, 4.69) is 5.32 Å². The summed E-state index contributed by atoms with van der Waals surface area (Å²) in [6.07, 6.45) is -0.165. The van der Waals surface area contributed by atoms with Crippen molar-refractivity contribution in [2.75, 3.05) is 13.6 Å². The van der Waals surface area contributed by atoms with E-state index >= 15 is 0 Å². The monoisotopic (exact) mass is 351 g/mol. The lowest BCUT2D eigenvalue weighted by molar-refractivity contribution is -0.147. The Morgan fingerprint density at radius 2 is 1.48 bits per heavy atom. The summed E-state index contributed by atoms with van der Waals surface area (Å²) in [7, 11) is 1.74. The molecule has 0 fully saturated rings.